The van der Waals surface area contributed by atoms with Crippen LogP contribution in [0.1, 0.15) is 10.4 Å². The molecular formula is C10H8BrF4NO. The smallest absolute Gasteiger partial charge is 0.332 e. The number of nitrogens with zero attached hydrogens (tertiary/aromatic N) is 1. The molecule has 94 valence electrons. The molecule has 0 fully saturated rings. The molecule has 1 amide bonds. The largest absolute Gasteiger partial charge is 0.406 e. The molecule has 7 heteroatoms. The fourth-order valence-corrected chi connectivity index (χ4v) is 1.75. The van der Waals surface area contributed by atoms with Gasteiger partial charge < -0.3 is 4.90 Å². The van der Waals surface area contributed by atoms with Crippen molar-refractivity contribution < 1.29 is 22.4 Å². The maximum atomic E-state index is 13.3. The van der Waals surface area contributed by atoms with Crippen LogP contribution in [-0.4, -0.2) is 30.6 Å². The van der Waals surface area contributed by atoms with Crippen molar-refractivity contribution in [1.29, 1.82) is 0 Å². The van der Waals surface area contributed by atoms with Crippen molar-refractivity contribution in [3.05, 3.63) is 34.1 Å². The normalized spacial score (nSPS) is 11.4. The number of alkyl halides is 3. The standard InChI is InChI=1S/C10H8BrF4NO/c1-16(5-10(13,14)15)9(17)8-6(11)3-2-4-7(8)12/h2-4H,5H2,1H3. The third-order valence-corrected chi connectivity index (χ3v) is 2.60. The Morgan fingerprint density at radius 2 is 2.00 bits per heavy atom. The van der Waals surface area contributed by atoms with E-state index in [1.807, 2.05) is 0 Å². The second-order valence-corrected chi connectivity index (χ2v) is 4.23. The zero-order valence-corrected chi connectivity index (χ0v) is 10.3. The van der Waals surface area contributed by atoms with Crippen LogP contribution in [0.15, 0.2) is 22.7 Å². The lowest BCUT2D eigenvalue weighted by atomic mass is 10.2. The Morgan fingerprint density at radius 3 is 2.47 bits per heavy atom. The van der Waals surface area contributed by atoms with E-state index < -0.39 is 30.0 Å². The Balaban J connectivity index is 2.97. The summed E-state index contributed by atoms with van der Waals surface area (Å²) < 4.78 is 49.7. The predicted molar refractivity (Wildman–Crippen MR) is 57.1 cm³/mol. The summed E-state index contributed by atoms with van der Waals surface area (Å²) in [7, 11) is 0.967. The van der Waals surface area contributed by atoms with Crippen LogP contribution in [0.25, 0.3) is 0 Å². The Hall–Kier alpha value is -1.11. The van der Waals surface area contributed by atoms with E-state index in [4.69, 9.17) is 0 Å². The van der Waals surface area contributed by atoms with Crippen molar-refractivity contribution in [3.63, 3.8) is 0 Å². The summed E-state index contributed by atoms with van der Waals surface area (Å²) >= 11 is 2.93. The van der Waals surface area contributed by atoms with Gasteiger partial charge in [-0.05, 0) is 28.1 Å². The van der Waals surface area contributed by atoms with Gasteiger partial charge in [0, 0.05) is 11.5 Å². The molecule has 0 radical (unpaired) electrons. The van der Waals surface area contributed by atoms with Gasteiger partial charge in [0.1, 0.15) is 12.4 Å². The molecule has 0 saturated heterocycles. The summed E-state index contributed by atoms with van der Waals surface area (Å²) in [5.41, 5.74) is -0.403. The van der Waals surface area contributed by atoms with E-state index in [1.54, 1.807) is 0 Å². The number of amides is 1. The van der Waals surface area contributed by atoms with Gasteiger partial charge in [-0.25, -0.2) is 4.39 Å². The molecule has 2 nitrogen and oxygen atoms in total. The highest BCUT2D eigenvalue weighted by molar-refractivity contribution is 9.10. The summed E-state index contributed by atoms with van der Waals surface area (Å²) in [6, 6.07) is 3.75. The Morgan fingerprint density at radius 1 is 1.41 bits per heavy atom. The summed E-state index contributed by atoms with van der Waals surface area (Å²) in [5, 5.41) is 0. The summed E-state index contributed by atoms with van der Waals surface area (Å²) in [6.45, 7) is -1.42. The van der Waals surface area contributed by atoms with Crippen molar-refractivity contribution in [2.24, 2.45) is 0 Å². The molecule has 1 rings (SSSR count). The molecule has 0 N–H and O–H groups in total. The highest BCUT2D eigenvalue weighted by Crippen LogP contribution is 2.23. The first kappa shape index (κ1) is 14.0. The minimum atomic E-state index is -4.51. The molecule has 1 aromatic carbocycles. The molecule has 0 atom stereocenters. The molecule has 0 heterocycles. The van der Waals surface area contributed by atoms with Crippen LogP contribution < -0.4 is 0 Å². The van der Waals surface area contributed by atoms with E-state index >= 15 is 0 Å². The summed E-state index contributed by atoms with van der Waals surface area (Å²) in [4.78, 5) is 12.0. The van der Waals surface area contributed by atoms with Crippen LogP contribution in [0.5, 0.6) is 0 Å². The zero-order valence-electron chi connectivity index (χ0n) is 8.68. The van der Waals surface area contributed by atoms with Crippen LogP contribution in [0.4, 0.5) is 17.6 Å². The van der Waals surface area contributed by atoms with Crippen molar-refractivity contribution in [3.8, 4) is 0 Å². The minimum Gasteiger partial charge on any atom is -0.332 e. The van der Waals surface area contributed by atoms with E-state index in [9.17, 15) is 22.4 Å². The van der Waals surface area contributed by atoms with Gasteiger partial charge in [0.2, 0.25) is 0 Å². The number of hydrogen-bond donors (Lipinski definition) is 0. The minimum absolute atomic E-state index is 0.122. The van der Waals surface area contributed by atoms with Gasteiger partial charge in [0.25, 0.3) is 5.91 Å². The fourth-order valence-electron chi connectivity index (χ4n) is 1.23. The summed E-state index contributed by atoms with van der Waals surface area (Å²) in [6.07, 6.45) is -4.51. The van der Waals surface area contributed by atoms with Crippen LogP contribution in [0, 0.1) is 5.82 Å². The molecule has 0 spiro atoms. The number of carbonyl (C=O) groups excluding carboxylic acids is 1. The molecule has 0 aromatic heterocycles. The Labute approximate surface area is 103 Å². The van der Waals surface area contributed by atoms with Gasteiger partial charge in [-0.15, -0.1) is 0 Å². The highest BCUT2D eigenvalue weighted by Gasteiger charge is 2.32. The topological polar surface area (TPSA) is 20.3 Å². The fraction of sp³-hybridized carbons (Fsp3) is 0.300. The van der Waals surface area contributed by atoms with Gasteiger partial charge >= 0.3 is 6.18 Å². The van der Waals surface area contributed by atoms with Gasteiger partial charge in [-0.2, -0.15) is 13.2 Å². The maximum absolute atomic E-state index is 13.3. The maximum Gasteiger partial charge on any atom is 0.406 e. The third-order valence-electron chi connectivity index (χ3n) is 1.94. The lowest BCUT2D eigenvalue weighted by molar-refractivity contribution is -0.138. The van der Waals surface area contributed by atoms with Gasteiger partial charge in [0.15, 0.2) is 0 Å². The second kappa shape index (κ2) is 5.03. The molecule has 17 heavy (non-hydrogen) atoms. The molecule has 0 aliphatic carbocycles. The molecule has 0 unspecified atom stereocenters. The average molecular weight is 314 g/mol. The lowest BCUT2D eigenvalue weighted by Crippen LogP contribution is -2.36. The zero-order chi connectivity index (χ0) is 13.2. The van der Waals surface area contributed by atoms with Gasteiger partial charge in [-0.1, -0.05) is 6.07 Å². The van der Waals surface area contributed by atoms with Crippen molar-refractivity contribution in [1.82, 2.24) is 4.90 Å². The lowest BCUT2D eigenvalue weighted by Gasteiger charge is -2.19. The van der Waals surface area contributed by atoms with E-state index in [0.29, 0.717) is 4.90 Å². The first-order chi connectivity index (χ1) is 7.72. The molecule has 0 saturated carbocycles. The molecule has 0 aliphatic rings. The van der Waals surface area contributed by atoms with E-state index in [0.717, 1.165) is 13.1 Å². The third kappa shape index (κ3) is 3.69. The van der Waals surface area contributed by atoms with Gasteiger partial charge in [0.05, 0.1) is 5.56 Å². The molecule has 1 aromatic rings. The number of benzene rings is 1. The van der Waals surface area contributed by atoms with E-state index in [-0.39, 0.29) is 4.47 Å². The SMILES string of the molecule is CN(CC(F)(F)F)C(=O)c1c(F)cccc1Br. The number of hydrogen-bond acceptors (Lipinski definition) is 1. The Kier molecular flexibility index (Phi) is 4.13. The first-order valence-electron chi connectivity index (χ1n) is 4.48. The van der Waals surface area contributed by atoms with Crippen LogP contribution in [0.2, 0.25) is 0 Å². The number of carbonyl (C=O) groups is 1. The molecule has 0 bridgehead atoms. The van der Waals surface area contributed by atoms with Gasteiger partial charge in [-0.3, -0.25) is 4.79 Å². The monoisotopic (exact) mass is 313 g/mol. The van der Waals surface area contributed by atoms with Crippen LogP contribution in [0.3, 0.4) is 0 Å². The van der Waals surface area contributed by atoms with E-state index in [2.05, 4.69) is 15.9 Å². The highest BCUT2D eigenvalue weighted by atomic mass is 79.9. The molecular weight excluding hydrogens is 306 g/mol. The van der Waals surface area contributed by atoms with Crippen LogP contribution in [-0.2, 0) is 0 Å². The molecule has 0 aliphatic heterocycles. The van der Waals surface area contributed by atoms with Crippen LogP contribution >= 0.6 is 15.9 Å². The van der Waals surface area contributed by atoms with E-state index in [1.165, 1.54) is 12.1 Å². The quantitative estimate of drug-likeness (QED) is 0.768. The number of rotatable bonds is 2. The van der Waals surface area contributed by atoms with Crippen molar-refractivity contribution in [2.45, 2.75) is 6.18 Å². The average Bonchev–Trinajstić information content (AvgIpc) is 2.14. The second-order valence-electron chi connectivity index (χ2n) is 3.37. The van der Waals surface area contributed by atoms with Crippen molar-refractivity contribution in [2.75, 3.05) is 13.6 Å². The Bertz CT molecular complexity index is 413. The first-order valence-corrected chi connectivity index (χ1v) is 5.28. The number of halogens is 5. The van der Waals surface area contributed by atoms with Crippen molar-refractivity contribution >= 4 is 21.8 Å². The summed E-state index contributed by atoms with van der Waals surface area (Å²) in [5.74, 6) is -1.88. The predicted octanol–water partition coefficient (Wildman–Crippen LogP) is 3.22.